The molecule has 1 atom stereocenters. The molecule has 0 fully saturated rings. The number of halogens is 1. The normalized spacial score (nSPS) is 17.6. The highest BCUT2D eigenvalue weighted by Crippen LogP contribution is 2.28. The van der Waals surface area contributed by atoms with Crippen LogP contribution in [0.4, 0.5) is 4.39 Å². The van der Waals surface area contributed by atoms with Gasteiger partial charge in [-0.25, -0.2) is 4.39 Å². The van der Waals surface area contributed by atoms with Gasteiger partial charge in [-0.3, -0.25) is 4.90 Å². The van der Waals surface area contributed by atoms with Crippen molar-refractivity contribution in [1.82, 2.24) is 9.47 Å². The molecule has 118 valence electrons. The van der Waals surface area contributed by atoms with Gasteiger partial charge in [-0.05, 0) is 49.7 Å². The summed E-state index contributed by atoms with van der Waals surface area (Å²) in [7, 11) is 2.19. The van der Waals surface area contributed by atoms with Crippen molar-refractivity contribution in [3.8, 4) is 0 Å². The first-order chi connectivity index (χ1) is 11.2. The summed E-state index contributed by atoms with van der Waals surface area (Å²) < 4.78 is 15.9. The van der Waals surface area contributed by atoms with Gasteiger partial charge in [0.05, 0.1) is 5.52 Å². The minimum atomic E-state index is -0.154. The SMILES string of the molecule is CN(Cc1ccccc1)C1CCc2cc3ccc(F)cc3n2C1. The quantitative estimate of drug-likeness (QED) is 0.703. The van der Waals surface area contributed by atoms with Gasteiger partial charge < -0.3 is 4.57 Å². The second-order valence-electron chi connectivity index (χ2n) is 6.54. The lowest BCUT2D eigenvalue weighted by molar-refractivity contribution is 0.188. The molecule has 0 amide bonds. The van der Waals surface area contributed by atoms with Crippen LogP contribution in [0, 0.1) is 5.82 Å². The Hall–Kier alpha value is -2.13. The van der Waals surface area contributed by atoms with E-state index in [-0.39, 0.29) is 5.82 Å². The van der Waals surface area contributed by atoms with Crippen LogP contribution in [-0.4, -0.2) is 22.6 Å². The molecule has 23 heavy (non-hydrogen) atoms. The van der Waals surface area contributed by atoms with E-state index < -0.39 is 0 Å². The Kier molecular flexibility index (Phi) is 3.66. The van der Waals surface area contributed by atoms with Crippen LogP contribution >= 0.6 is 0 Å². The van der Waals surface area contributed by atoms with E-state index in [2.05, 4.69) is 52.9 Å². The summed E-state index contributed by atoms with van der Waals surface area (Å²) in [6.45, 7) is 1.89. The predicted octanol–water partition coefficient (Wildman–Crippen LogP) is 4.23. The molecular formula is C20H21FN2. The fourth-order valence-electron chi connectivity index (χ4n) is 3.68. The van der Waals surface area contributed by atoms with Crippen molar-refractivity contribution < 1.29 is 4.39 Å². The Balaban J connectivity index is 1.58. The van der Waals surface area contributed by atoms with Gasteiger partial charge in [0.1, 0.15) is 5.82 Å². The highest BCUT2D eigenvalue weighted by molar-refractivity contribution is 5.81. The second-order valence-corrected chi connectivity index (χ2v) is 6.54. The summed E-state index contributed by atoms with van der Waals surface area (Å²) in [5, 5.41) is 1.15. The standard InChI is InChI=1S/C20H21FN2/c1-22(13-15-5-3-2-4-6-15)19-10-9-18-11-16-7-8-17(21)12-20(16)23(18)14-19/h2-8,11-12,19H,9-10,13-14H2,1H3. The van der Waals surface area contributed by atoms with Gasteiger partial charge in [0.2, 0.25) is 0 Å². The molecule has 0 saturated heterocycles. The van der Waals surface area contributed by atoms with Gasteiger partial charge in [0, 0.05) is 30.2 Å². The Labute approximate surface area is 136 Å². The number of rotatable bonds is 3. The average Bonchev–Trinajstić information content (AvgIpc) is 2.93. The van der Waals surface area contributed by atoms with Crippen LogP contribution in [0.1, 0.15) is 17.7 Å². The zero-order valence-corrected chi connectivity index (χ0v) is 13.4. The van der Waals surface area contributed by atoms with Crippen molar-refractivity contribution >= 4 is 10.9 Å². The molecule has 0 saturated carbocycles. The molecule has 0 bridgehead atoms. The molecule has 2 heterocycles. The van der Waals surface area contributed by atoms with E-state index in [1.807, 2.05) is 6.07 Å². The first-order valence-electron chi connectivity index (χ1n) is 8.22. The smallest absolute Gasteiger partial charge is 0.125 e. The molecular weight excluding hydrogens is 287 g/mol. The Bertz CT molecular complexity index is 822. The van der Waals surface area contributed by atoms with Crippen molar-refractivity contribution in [3.05, 3.63) is 71.7 Å². The third-order valence-electron chi connectivity index (χ3n) is 4.98. The molecule has 2 nitrogen and oxygen atoms in total. The topological polar surface area (TPSA) is 8.17 Å². The fourth-order valence-corrected chi connectivity index (χ4v) is 3.68. The summed E-state index contributed by atoms with van der Waals surface area (Å²) in [6, 6.07) is 18.4. The van der Waals surface area contributed by atoms with Gasteiger partial charge in [0.15, 0.2) is 0 Å². The van der Waals surface area contributed by atoms with Crippen LogP contribution in [0.15, 0.2) is 54.6 Å². The lowest BCUT2D eigenvalue weighted by Crippen LogP contribution is -2.38. The summed E-state index contributed by atoms with van der Waals surface area (Å²) >= 11 is 0. The van der Waals surface area contributed by atoms with Gasteiger partial charge in [0.25, 0.3) is 0 Å². The van der Waals surface area contributed by atoms with Gasteiger partial charge in [-0.2, -0.15) is 0 Å². The van der Waals surface area contributed by atoms with E-state index in [0.717, 1.165) is 36.8 Å². The van der Waals surface area contributed by atoms with Crippen molar-refractivity contribution in [2.45, 2.75) is 32.0 Å². The highest BCUT2D eigenvalue weighted by Gasteiger charge is 2.23. The Morgan fingerprint density at radius 1 is 1.13 bits per heavy atom. The van der Waals surface area contributed by atoms with E-state index in [0.29, 0.717) is 6.04 Å². The number of aromatic nitrogens is 1. The first kappa shape index (κ1) is 14.5. The van der Waals surface area contributed by atoms with Gasteiger partial charge >= 0.3 is 0 Å². The van der Waals surface area contributed by atoms with Crippen LogP contribution in [-0.2, 0) is 19.5 Å². The lowest BCUT2D eigenvalue weighted by Gasteiger charge is -2.33. The molecule has 0 spiro atoms. The Morgan fingerprint density at radius 2 is 1.96 bits per heavy atom. The maximum Gasteiger partial charge on any atom is 0.125 e. The summed E-state index contributed by atoms with van der Waals surface area (Å²) in [6.07, 6.45) is 2.21. The number of hydrogen-bond acceptors (Lipinski definition) is 1. The van der Waals surface area contributed by atoms with E-state index in [1.165, 1.54) is 11.3 Å². The lowest BCUT2D eigenvalue weighted by atomic mass is 10.0. The van der Waals surface area contributed by atoms with Crippen LogP contribution < -0.4 is 0 Å². The van der Waals surface area contributed by atoms with Crippen molar-refractivity contribution in [2.75, 3.05) is 7.05 Å². The van der Waals surface area contributed by atoms with E-state index >= 15 is 0 Å². The zero-order valence-electron chi connectivity index (χ0n) is 13.4. The molecule has 0 N–H and O–H groups in total. The first-order valence-corrected chi connectivity index (χ1v) is 8.22. The number of benzene rings is 2. The van der Waals surface area contributed by atoms with Crippen LogP contribution in [0.25, 0.3) is 10.9 Å². The zero-order chi connectivity index (χ0) is 15.8. The molecule has 1 unspecified atom stereocenters. The maximum absolute atomic E-state index is 13.6. The molecule has 1 aliphatic rings. The minimum Gasteiger partial charge on any atom is -0.343 e. The number of likely N-dealkylation sites (N-methyl/N-ethyl adjacent to an activating group) is 1. The maximum atomic E-state index is 13.6. The highest BCUT2D eigenvalue weighted by atomic mass is 19.1. The van der Waals surface area contributed by atoms with E-state index in [1.54, 1.807) is 12.1 Å². The third kappa shape index (κ3) is 2.77. The molecule has 3 heteroatoms. The van der Waals surface area contributed by atoms with Gasteiger partial charge in [-0.1, -0.05) is 30.3 Å². The molecule has 1 aliphatic heterocycles. The number of aryl methyl sites for hydroxylation is 1. The predicted molar refractivity (Wildman–Crippen MR) is 91.9 cm³/mol. The van der Waals surface area contributed by atoms with E-state index in [9.17, 15) is 4.39 Å². The number of fused-ring (bicyclic) bond motifs is 3. The molecule has 3 aromatic rings. The van der Waals surface area contributed by atoms with Crippen molar-refractivity contribution in [3.63, 3.8) is 0 Å². The van der Waals surface area contributed by atoms with Crippen LogP contribution in [0.5, 0.6) is 0 Å². The molecule has 0 aliphatic carbocycles. The minimum absolute atomic E-state index is 0.154. The number of nitrogens with zero attached hydrogens (tertiary/aromatic N) is 2. The molecule has 4 rings (SSSR count). The molecule has 1 aromatic heterocycles. The van der Waals surface area contributed by atoms with Crippen molar-refractivity contribution in [1.29, 1.82) is 0 Å². The monoisotopic (exact) mass is 308 g/mol. The number of hydrogen-bond donors (Lipinski definition) is 0. The van der Waals surface area contributed by atoms with Gasteiger partial charge in [-0.15, -0.1) is 0 Å². The third-order valence-corrected chi connectivity index (χ3v) is 4.98. The van der Waals surface area contributed by atoms with E-state index in [4.69, 9.17) is 0 Å². The van der Waals surface area contributed by atoms with Crippen LogP contribution in [0.2, 0.25) is 0 Å². The average molecular weight is 308 g/mol. The fraction of sp³-hybridized carbons (Fsp3) is 0.300. The molecule has 0 radical (unpaired) electrons. The summed E-state index contributed by atoms with van der Waals surface area (Å²) in [5.74, 6) is -0.154. The van der Waals surface area contributed by atoms with Crippen LogP contribution in [0.3, 0.4) is 0 Å². The van der Waals surface area contributed by atoms with Crippen molar-refractivity contribution in [2.24, 2.45) is 0 Å². The Morgan fingerprint density at radius 3 is 2.78 bits per heavy atom. The largest absolute Gasteiger partial charge is 0.343 e. The second kappa shape index (κ2) is 5.82. The summed E-state index contributed by atoms with van der Waals surface area (Å²) in [4.78, 5) is 2.42. The summed E-state index contributed by atoms with van der Waals surface area (Å²) in [5.41, 5.74) is 3.69. The molecule has 2 aromatic carbocycles.